The molecule has 0 aliphatic carbocycles. The quantitative estimate of drug-likeness (QED) is 0.648. The Labute approximate surface area is 152 Å². The Morgan fingerprint density at radius 3 is 2.35 bits per heavy atom. The Balaban J connectivity index is 1.97. The number of carbonyl (C=O) groups is 2. The number of aliphatic carboxylic acids is 1. The number of hydrogen-bond donors (Lipinski definition) is 3. The van der Waals surface area contributed by atoms with Crippen molar-refractivity contribution in [2.45, 2.75) is 31.2 Å². The van der Waals surface area contributed by atoms with Gasteiger partial charge in [-0.05, 0) is 28.8 Å². The van der Waals surface area contributed by atoms with E-state index in [0.717, 1.165) is 10.8 Å². The van der Waals surface area contributed by atoms with Gasteiger partial charge in [0.05, 0.1) is 4.90 Å². The van der Waals surface area contributed by atoms with Crippen molar-refractivity contribution in [2.24, 2.45) is 5.92 Å². The number of benzene rings is 2. The lowest BCUT2D eigenvalue weighted by atomic mass is 10.0. The van der Waals surface area contributed by atoms with Gasteiger partial charge in [0.1, 0.15) is 6.04 Å². The maximum Gasteiger partial charge on any atom is 0.326 e. The van der Waals surface area contributed by atoms with Crippen molar-refractivity contribution in [3.8, 4) is 0 Å². The Morgan fingerprint density at radius 2 is 1.73 bits per heavy atom. The van der Waals surface area contributed by atoms with Crippen LogP contribution < -0.4 is 10.0 Å². The fourth-order valence-electron chi connectivity index (χ4n) is 2.48. The molecule has 0 bridgehead atoms. The molecule has 26 heavy (non-hydrogen) atoms. The molecule has 0 saturated carbocycles. The molecular weight excluding hydrogens is 356 g/mol. The fraction of sp³-hybridized carbons (Fsp3) is 0.333. The van der Waals surface area contributed by atoms with Crippen LogP contribution in [0.1, 0.15) is 20.3 Å². The van der Waals surface area contributed by atoms with Gasteiger partial charge < -0.3 is 10.4 Å². The van der Waals surface area contributed by atoms with E-state index in [1.165, 1.54) is 6.07 Å². The third-order valence-corrected chi connectivity index (χ3v) is 5.38. The molecule has 0 aliphatic rings. The predicted octanol–water partition coefficient (Wildman–Crippen LogP) is 1.73. The first kappa shape index (κ1) is 19.9. The Hall–Kier alpha value is -2.45. The summed E-state index contributed by atoms with van der Waals surface area (Å²) in [7, 11) is -3.75. The number of rotatable bonds is 8. The van der Waals surface area contributed by atoms with Crippen LogP contribution in [0.4, 0.5) is 0 Å². The summed E-state index contributed by atoms with van der Waals surface area (Å²) in [4.78, 5) is 23.0. The third kappa shape index (κ3) is 5.03. The SMILES string of the molecule is CC(C)C(NC(=O)CCNS(=O)(=O)c1ccc2ccccc2c1)C(=O)O. The first-order chi connectivity index (χ1) is 12.2. The molecule has 0 aromatic heterocycles. The average molecular weight is 378 g/mol. The van der Waals surface area contributed by atoms with E-state index < -0.39 is 27.9 Å². The van der Waals surface area contributed by atoms with Crippen molar-refractivity contribution in [1.82, 2.24) is 10.0 Å². The van der Waals surface area contributed by atoms with Crippen LogP contribution in [0, 0.1) is 5.92 Å². The fourth-order valence-corrected chi connectivity index (χ4v) is 3.54. The molecule has 0 radical (unpaired) electrons. The molecule has 3 N–H and O–H groups in total. The van der Waals surface area contributed by atoms with Crippen molar-refractivity contribution >= 4 is 32.7 Å². The van der Waals surface area contributed by atoms with Gasteiger partial charge >= 0.3 is 5.97 Å². The number of fused-ring (bicyclic) bond motifs is 1. The second-order valence-electron chi connectivity index (χ2n) is 6.28. The van der Waals surface area contributed by atoms with E-state index in [1.54, 1.807) is 26.0 Å². The Kier molecular flexibility index (Phi) is 6.33. The maximum atomic E-state index is 12.4. The molecule has 140 valence electrons. The second-order valence-corrected chi connectivity index (χ2v) is 8.05. The molecule has 1 unspecified atom stereocenters. The van der Waals surface area contributed by atoms with Gasteiger partial charge in [-0.15, -0.1) is 0 Å². The molecule has 8 heteroatoms. The van der Waals surface area contributed by atoms with Crippen LogP contribution in [0.25, 0.3) is 10.8 Å². The Bertz CT molecular complexity index is 909. The highest BCUT2D eigenvalue weighted by atomic mass is 32.2. The molecule has 0 aliphatic heterocycles. The third-order valence-electron chi connectivity index (χ3n) is 3.92. The summed E-state index contributed by atoms with van der Waals surface area (Å²) in [5, 5.41) is 13.2. The summed E-state index contributed by atoms with van der Waals surface area (Å²) in [5.41, 5.74) is 0. The number of nitrogens with one attached hydrogen (secondary N) is 2. The van der Waals surface area contributed by atoms with E-state index in [-0.39, 0.29) is 23.8 Å². The molecule has 0 spiro atoms. The first-order valence-corrected chi connectivity index (χ1v) is 9.69. The standard InChI is InChI=1S/C18H22N2O5S/c1-12(2)17(18(22)23)20-16(21)9-10-19-26(24,25)15-8-7-13-5-3-4-6-14(13)11-15/h3-8,11-12,17,19H,9-10H2,1-2H3,(H,20,21)(H,22,23). The summed E-state index contributed by atoms with van der Waals surface area (Å²) < 4.78 is 27.1. The van der Waals surface area contributed by atoms with E-state index >= 15 is 0 Å². The van der Waals surface area contributed by atoms with Crippen LogP contribution in [0.3, 0.4) is 0 Å². The van der Waals surface area contributed by atoms with Crippen molar-refractivity contribution in [1.29, 1.82) is 0 Å². The van der Waals surface area contributed by atoms with Crippen LogP contribution in [0.2, 0.25) is 0 Å². The van der Waals surface area contributed by atoms with Gasteiger partial charge in [0, 0.05) is 13.0 Å². The van der Waals surface area contributed by atoms with Gasteiger partial charge in [0.25, 0.3) is 0 Å². The summed E-state index contributed by atoms with van der Waals surface area (Å²) in [6.45, 7) is 3.24. The Morgan fingerprint density at radius 1 is 1.08 bits per heavy atom. The van der Waals surface area contributed by atoms with E-state index in [9.17, 15) is 18.0 Å². The number of sulfonamides is 1. The van der Waals surface area contributed by atoms with Crippen LogP contribution >= 0.6 is 0 Å². The number of hydrogen-bond acceptors (Lipinski definition) is 4. The molecular formula is C18H22N2O5S. The van der Waals surface area contributed by atoms with E-state index in [0.29, 0.717) is 0 Å². The van der Waals surface area contributed by atoms with Gasteiger partial charge in [-0.25, -0.2) is 17.9 Å². The molecule has 2 rings (SSSR count). The molecule has 1 amide bonds. The van der Waals surface area contributed by atoms with Crippen LogP contribution in [-0.2, 0) is 19.6 Å². The summed E-state index contributed by atoms with van der Waals surface area (Å²) in [6, 6.07) is 11.2. The highest BCUT2D eigenvalue weighted by Gasteiger charge is 2.23. The zero-order valence-electron chi connectivity index (χ0n) is 14.6. The smallest absolute Gasteiger partial charge is 0.326 e. The largest absolute Gasteiger partial charge is 0.480 e. The number of carboxylic acid groups (broad SMARTS) is 1. The molecule has 0 fully saturated rings. The molecule has 1 atom stereocenters. The summed E-state index contributed by atoms with van der Waals surface area (Å²) >= 11 is 0. The normalized spacial score (nSPS) is 12.9. The minimum Gasteiger partial charge on any atom is -0.480 e. The average Bonchev–Trinajstić information content (AvgIpc) is 2.58. The van der Waals surface area contributed by atoms with E-state index in [4.69, 9.17) is 5.11 Å². The second kappa shape index (κ2) is 8.29. The van der Waals surface area contributed by atoms with Gasteiger partial charge in [-0.3, -0.25) is 4.79 Å². The zero-order chi connectivity index (χ0) is 19.3. The highest BCUT2D eigenvalue weighted by Crippen LogP contribution is 2.18. The molecule has 2 aromatic rings. The van der Waals surface area contributed by atoms with Gasteiger partial charge in [0.15, 0.2) is 0 Å². The predicted molar refractivity (Wildman–Crippen MR) is 98.2 cm³/mol. The minimum atomic E-state index is -3.75. The molecule has 0 saturated heterocycles. The highest BCUT2D eigenvalue weighted by molar-refractivity contribution is 7.89. The summed E-state index contributed by atoms with van der Waals surface area (Å²) in [6.07, 6.45) is -0.149. The number of amides is 1. The van der Waals surface area contributed by atoms with Crippen LogP contribution in [-0.4, -0.2) is 38.0 Å². The van der Waals surface area contributed by atoms with Crippen molar-refractivity contribution < 1.29 is 23.1 Å². The molecule has 0 heterocycles. The van der Waals surface area contributed by atoms with Crippen molar-refractivity contribution in [2.75, 3.05) is 6.54 Å². The lowest BCUT2D eigenvalue weighted by Crippen LogP contribution is -2.45. The van der Waals surface area contributed by atoms with Crippen LogP contribution in [0.15, 0.2) is 47.4 Å². The number of carboxylic acids is 1. The van der Waals surface area contributed by atoms with E-state index in [1.807, 2.05) is 24.3 Å². The molecule has 7 nitrogen and oxygen atoms in total. The lowest BCUT2D eigenvalue weighted by molar-refractivity contribution is -0.143. The molecule has 2 aromatic carbocycles. The first-order valence-electron chi connectivity index (χ1n) is 8.21. The van der Waals surface area contributed by atoms with Gasteiger partial charge in [-0.2, -0.15) is 0 Å². The van der Waals surface area contributed by atoms with Gasteiger partial charge in [0.2, 0.25) is 15.9 Å². The maximum absolute atomic E-state index is 12.4. The summed E-state index contributed by atoms with van der Waals surface area (Å²) in [5.74, 6) is -1.91. The van der Waals surface area contributed by atoms with Crippen LogP contribution in [0.5, 0.6) is 0 Å². The lowest BCUT2D eigenvalue weighted by Gasteiger charge is -2.17. The monoisotopic (exact) mass is 378 g/mol. The zero-order valence-corrected chi connectivity index (χ0v) is 15.4. The number of carbonyl (C=O) groups excluding carboxylic acids is 1. The minimum absolute atomic E-state index is 0.113. The van der Waals surface area contributed by atoms with Gasteiger partial charge in [-0.1, -0.05) is 44.2 Å². The van der Waals surface area contributed by atoms with Crippen molar-refractivity contribution in [3.63, 3.8) is 0 Å². The topological polar surface area (TPSA) is 113 Å². The van der Waals surface area contributed by atoms with E-state index in [2.05, 4.69) is 10.0 Å². The van der Waals surface area contributed by atoms with Crippen molar-refractivity contribution in [3.05, 3.63) is 42.5 Å².